The van der Waals surface area contributed by atoms with E-state index in [9.17, 15) is 9.59 Å². The molecule has 0 aromatic heterocycles. The number of nitrogens with one attached hydrogen (secondary N) is 3. The minimum atomic E-state index is -0.243. The van der Waals surface area contributed by atoms with E-state index in [-0.39, 0.29) is 24.3 Å². The van der Waals surface area contributed by atoms with Gasteiger partial charge in [-0.1, -0.05) is 0 Å². The molecule has 1 atom stereocenters. The lowest BCUT2D eigenvalue weighted by Gasteiger charge is -2.32. The predicted octanol–water partition coefficient (Wildman–Crippen LogP) is -3.18. The molecule has 0 radical (unpaired) electrons. The van der Waals surface area contributed by atoms with Gasteiger partial charge >= 0.3 is 0 Å². The number of carbonyl (C=O) groups is 2. The number of ether oxygens (including phenoxy) is 1. The third kappa shape index (κ3) is 1.85. The van der Waals surface area contributed by atoms with Gasteiger partial charge in [-0.2, -0.15) is 0 Å². The molecule has 0 aromatic carbocycles. The number of hydrogen-bond donors (Lipinski definition) is 3. The molecule has 2 aliphatic rings. The lowest BCUT2D eigenvalue weighted by Crippen LogP contribution is -3.19. The second-order valence-corrected chi connectivity index (χ2v) is 3.56. The zero-order chi connectivity index (χ0) is 9.97. The summed E-state index contributed by atoms with van der Waals surface area (Å²) < 4.78 is 5.20. The number of amides is 2. The molecule has 0 unspecified atom stereocenters. The molecular formula is C8H14N3O3+. The van der Waals surface area contributed by atoms with Crippen molar-refractivity contribution >= 4 is 11.8 Å². The molecule has 2 saturated heterocycles. The lowest BCUT2D eigenvalue weighted by molar-refractivity contribution is -0.923. The Balaban J connectivity index is 1.99. The van der Waals surface area contributed by atoms with Crippen molar-refractivity contribution < 1.29 is 19.2 Å². The number of quaternary nitrogens is 1. The zero-order valence-electron chi connectivity index (χ0n) is 7.84. The van der Waals surface area contributed by atoms with Gasteiger partial charge in [0.15, 0.2) is 6.04 Å². The summed E-state index contributed by atoms with van der Waals surface area (Å²) in [4.78, 5) is 23.7. The standard InChI is InChI=1S/C8H13N3O3/c12-7-5-6(8(13)10-9-7)11-1-3-14-4-2-11/h6H,1-5H2,(H,9,12)(H,10,13)/p+1/t6-/m0/s1. The Kier molecular flexibility index (Phi) is 2.64. The fourth-order valence-corrected chi connectivity index (χ4v) is 1.86. The van der Waals surface area contributed by atoms with Crippen molar-refractivity contribution in [2.24, 2.45) is 0 Å². The number of hydrazine groups is 1. The van der Waals surface area contributed by atoms with Crippen molar-refractivity contribution in [1.29, 1.82) is 0 Å². The Morgan fingerprint density at radius 3 is 2.64 bits per heavy atom. The van der Waals surface area contributed by atoms with Crippen LogP contribution in [0.4, 0.5) is 0 Å². The minimum Gasteiger partial charge on any atom is -0.370 e. The van der Waals surface area contributed by atoms with E-state index in [0.29, 0.717) is 13.2 Å². The van der Waals surface area contributed by atoms with Gasteiger partial charge in [0.2, 0.25) is 5.91 Å². The molecule has 3 N–H and O–H groups in total. The fraction of sp³-hybridized carbons (Fsp3) is 0.750. The summed E-state index contributed by atoms with van der Waals surface area (Å²) in [6, 6.07) is -0.243. The van der Waals surface area contributed by atoms with E-state index < -0.39 is 0 Å². The second-order valence-electron chi connectivity index (χ2n) is 3.56. The van der Waals surface area contributed by atoms with Crippen LogP contribution >= 0.6 is 0 Å². The highest BCUT2D eigenvalue weighted by Crippen LogP contribution is 1.94. The molecule has 0 spiro atoms. The molecule has 2 rings (SSSR count). The fourth-order valence-electron chi connectivity index (χ4n) is 1.86. The first-order chi connectivity index (χ1) is 6.77. The maximum Gasteiger partial charge on any atom is 0.297 e. The summed E-state index contributed by atoms with van der Waals surface area (Å²) in [6.07, 6.45) is 0.279. The average molecular weight is 200 g/mol. The van der Waals surface area contributed by atoms with Crippen LogP contribution in [0.5, 0.6) is 0 Å². The molecule has 0 aliphatic carbocycles. The third-order valence-corrected chi connectivity index (χ3v) is 2.66. The quantitative estimate of drug-likeness (QED) is 0.418. The minimum absolute atomic E-state index is 0.0958. The summed E-state index contributed by atoms with van der Waals surface area (Å²) in [7, 11) is 0. The molecule has 78 valence electrons. The lowest BCUT2D eigenvalue weighted by atomic mass is 10.1. The van der Waals surface area contributed by atoms with Crippen molar-refractivity contribution in [2.45, 2.75) is 12.5 Å². The van der Waals surface area contributed by atoms with Gasteiger partial charge in [-0.3, -0.25) is 20.4 Å². The summed E-state index contributed by atoms with van der Waals surface area (Å²) in [5.41, 5.74) is 4.70. The van der Waals surface area contributed by atoms with E-state index in [1.54, 1.807) is 0 Å². The molecule has 0 bridgehead atoms. The van der Waals surface area contributed by atoms with Crippen LogP contribution in [0.15, 0.2) is 0 Å². The van der Waals surface area contributed by atoms with Gasteiger partial charge in [0, 0.05) is 0 Å². The molecule has 2 amide bonds. The first kappa shape index (κ1) is 9.42. The summed E-state index contributed by atoms with van der Waals surface area (Å²) in [5, 5.41) is 0. The number of hydrogen-bond acceptors (Lipinski definition) is 3. The molecule has 2 fully saturated rings. The third-order valence-electron chi connectivity index (χ3n) is 2.66. The average Bonchev–Trinajstić information content (AvgIpc) is 2.23. The molecule has 2 heterocycles. The molecule has 6 heteroatoms. The molecule has 0 saturated carbocycles. The SMILES string of the molecule is O=C1C[C@H]([NH+]2CCOCC2)C(=O)NN1. The number of carbonyl (C=O) groups excluding carboxylic acids is 2. The predicted molar refractivity (Wildman–Crippen MR) is 46.2 cm³/mol. The van der Waals surface area contributed by atoms with Crippen molar-refractivity contribution in [2.75, 3.05) is 26.3 Å². The van der Waals surface area contributed by atoms with Crippen molar-refractivity contribution in [3.63, 3.8) is 0 Å². The number of morpholine rings is 1. The first-order valence-electron chi connectivity index (χ1n) is 4.78. The molecule has 6 nitrogen and oxygen atoms in total. The van der Waals surface area contributed by atoms with Crippen LogP contribution in [0.1, 0.15) is 6.42 Å². The Hall–Kier alpha value is -1.14. The van der Waals surface area contributed by atoms with Crippen LogP contribution in [-0.4, -0.2) is 44.2 Å². The molecular weight excluding hydrogens is 186 g/mol. The topological polar surface area (TPSA) is 71.9 Å². The Morgan fingerprint density at radius 2 is 1.93 bits per heavy atom. The van der Waals surface area contributed by atoms with Gasteiger partial charge < -0.3 is 9.64 Å². The van der Waals surface area contributed by atoms with Crippen molar-refractivity contribution in [3.8, 4) is 0 Å². The van der Waals surface area contributed by atoms with Gasteiger partial charge in [-0.05, 0) is 0 Å². The van der Waals surface area contributed by atoms with Gasteiger partial charge in [0.1, 0.15) is 13.1 Å². The highest BCUT2D eigenvalue weighted by atomic mass is 16.5. The molecule has 2 aliphatic heterocycles. The maximum atomic E-state index is 11.5. The smallest absolute Gasteiger partial charge is 0.297 e. The van der Waals surface area contributed by atoms with E-state index >= 15 is 0 Å². The van der Waals surface area contributed by atoms with Crippen LogP contribution in [0.25, 0.3) is 0 Å². The highest BCUT2D eigenvalue weighted by molar-refractivity contribution is 5.92. The largest absolute Gasteiger partial charge is 0.370 e. The van der Waals surface area contributed by atoms with Gasteiger partial charge in [-0.15, -0.1) is 0 Å². The normalized spacial score (nSPS) is 29.6. The Labute approximate surface area is 81.5 Å². The van der Waals surface area contributed by atoms with E-state index in [4.69, 9.17) is 4.74 Å². The Morgan fingerprint density at radius 1 is 1.21 bits per heavy atom. The molecule has 14 heavy (non-hydrogen) atoms. The van der Waals surface area contributed by atoms with E-state index in [0.717, 1.165) is 18.0 Å². The van der Waals surface area contributed by atoms with Crippen LogP contribution in [-0.2, 0) is 14.3 Å². The summed E-state index contributed by atoms with van der Waals surface area (Å²) >= 11 is 0. The van der Waals surface area contributed by atoms with Gasteiger partial charge in [0.05, 0.1) is 19.6 Å². The monoisotopic (exact) mass is 200 g/mol. The van der Waals surface area contributed by atoms with E-state index in [1.165, 1.54) is 0 Å². The Bertz CT molecular complexity index is 250. The summed E-state index contributed by atoms with van der Waals surface area (Å²) in [5.74, 6) is -0.213. The van der Waals surface area contributed by atoms with Gasteiger partial charge in [0.25, 0.3) is 5.91 Å². The highest BCUT2D eigenvalue weighted by Gasteiger charge is 2.36. The van der Waals surface area contributed by atoms with Gasteiger partial charge in [-0.25, -0.2) is 0 Å². The number of rotatable bonds is 1. The van der Waals surface area contributed by atoms with Crippen LogP contribution < -0.4 is 15.8 Å². The maximum absolute atomic E-state index is 11.5. The summed E-state index contributed by atoms with van der Waals surface area (Å²) in [6.45, 7) is 2.93. The van der Waals surface area contributed by atoms with Crippen molar-refractivity contribution in [3.05, 3.63) is 0 Å². The zero-order valence-corrected chi connectivity index (χ0v) is 7.84. The molecule has 0 aromatic rings. The van der Waals surface area contributed by atoms with E-state index in [2.05, 4.69) is 10.9 Å². The van der Waals surface area contributed by atoms with Crippen molar-refractivity contribution in [1.82, 2.24) is 10.9 Å². The second kappa shape index (κ2) is 3.93. The van der Waals surface area contributed by atoms with Crippen LogP contribution in [0.2, 0.25) is 0 Å². The first-order valence-corrected chi connectivity index (χ1v) is 4.78. The van der Waals surface area contributed by atoms with Crippen LogP contribution in [0.3, 0.4) is 0 Å². The van der Waals surface area contributed by atoms with E-state index in [1.807, 2.05) is 0 Å². The van der Waals surface area contributed by atoms with Crippen LogP contribution in [0, 0.1) is 0 Å².